The number of hydrogen-bond acceptors (Lipinski definition) is 4. The van der Waals surface area contributed by atoms with Crippen LogP contribution >= 0.6 is 0 Å². The first-order valence-electron chi connectivity index (χ1n) is 8.88. The smallest absolute Gasteiger partial charge is 0.375 e. The molecule has 5 nitrogen and oxygen atoms in total. The molecule has 0 saturated heterocycles. The standard InChI is InChI=1S/C22H23NO4/c1-13-9-10-17(11-14(13)2)16(4)23-20(24)12-26-22(25)21-15(3)18-7-5-6-8-19(18)27-21/h5-11,16H,12H2,1-4H3,(H,23,24)/t16-/m1/s1. The number of rotatable bonds is 5. The van der Waals surface area contributed by atoms with Crippen LogP contribution in [0.3, 0.4) is 0 Å². The Morgan fingerprint density at radius 2 is 1.81 bits per heavy atom. The number of carbonyl (C=O) groups excluding carboxylic acids is 2. The van der Waals surface area contributed by atoms with Crippen molar-refractivity contribution in [2.75, 3.05) is 6.61 Å². The van der Waals surface area contributed by atoms with Gasteiger partial charge in [-0.3, -0.25) is 4.79 Å². The average Bonchev–Trinajstić information content (AvgIpc) is 2.99. The zero-order valence-corrected chi connectivity index (χ0v) is 16.0. The molecule has 0 aliphatic rings. The fourth-order valence-electron chi connectivity index (χ4n) is 2.97. The Labute approximate surface area is 158 Å². The Hall–Kier alpha value is -3.08. The number of para-hydroxylation sites is 1. The Kier molecular flexibility index (Phi) is 5.31. The molecule has 0 aliphatic carbocycles. The van der Waals surface area contributed by atoms with E-state index in [0.717, 1.165) is 10.9 Å². The predicted octanol–water partition coefficient (Wildman–Crippen LogP) is 4.39. The van der Waals surface area contributed by atoms with Gasteiger partial charge in [0.1, 0.15) is 5.58 Å². The minimum Gasteiger partial charge on any atom is -0.450 e. The molecule has 1 aromatic heterocycles. The molecule has 3 rings (SSSR count). The maximum absolute atomic E-state index is 12.3. The van der Waals surface area contributed by atoms with Gasteiger partial charge in [-0.2, -0.15) is 0 Å². The number of aryl methyl sites for hydroxylation is 3. The molecule has 2 aromatic carbocycles. The van der Waals surface area contributed by atoms with Gasteiger partial charge >= 0.3 is 5.97 Å². The predicted molar refractivity (Wildman–Crippen MR) is 104 cm³/mol. The monoisotopic (exact) mass is 365 g/mol. The molecule has 5 heteroatoms. The summed E-state index contributed by atoms with van der Waals surface area (Å²) in [5.41, 5.74) is 4.70. The molecule has 27 heavy (non-hydrogen) atoms. The highest BCUT2D eigenvalue weighted by Gasteiger charge is 2.20. The summed E-state index contributed by atoms with van der Waals surface area (Å²) in [7, 11) is 0. The van der Waals surface area contributed by atoms with Gasteiger partial charge in [0.25, 0.3) is 5.91 Å². The number of ether oxygens (including phenoxy) is 1. The Morgan fingerprint density at radius 1 is 1.07 bits per heavy atom. The molecule has 0 fully saturated rings. The third kappa shape index (κ3) is 4.03. The highest BCUT2D eigenvalue weighted by molar-refractivity contribution is 5.96. The molecule has 0 unspecified atom stereocenters. The van der Waals surface area contributed by atoms with Crippen LogP contribution in [-0.2, 0) is 9.53 Å². The SMILES string of the molecule is Cc1ccc([C@@H](C)NC(=O)COC(=O)c2oc3ccccc3c2C)cc1C. The van der Waals surface area contributed by atoms with E-state index in [1.165, 1.54) is 11.1 Å². The largest absolute Gasteiger partial charge is 0.450 e. The van der Waals surface area contributed by atoms with Crippen LogP contribution in [0, 0.1) is 20.8 Å². The fourth-order valence-corrected chi connectivity index (χ4v) is 2.97. The highest BCUT2D eigenvalue weighted by Crippen LogP contribution is 2.25. The number of benzene rings is 2. The van der Waals surface area contributed by atoms with Gasteiger partial charge in [-0.1, -0.05) is 36.4 Å². The van der Waals surface area contributed by atoms with Crippen LogP contribution in [0.15, 0.2) is 46.9 Å². The third-order valence-electron chi connectivity index (χ3n) is 4.77. The van der Waals surface area contributed by atoms with E-state index >= 15 is 0 Å². The van der Waals surface area contributed by atoms with Gasteiger partial charge in [0.15, 0.2) is 6.61 Å². The van der Waals surface area contributed by atoms with Gasteiger partial charge in [-0.25, -0.2) is 4.79 Å². The van der Waals surface area contributed by atoms with E-state index < -0.39 is 5.97 Å². The summed E-state index contributed by atoms with van der Waals surface area (Å²) in [6.07, 6.45) is 0. The molecule has 1 amide bonds. The summed E-state index contributed by atoms with van der Waals surface area (Å²) in [6.45, 7) is 7.41. The van der Waals surface area contributed by atoms with Gasteiger partial charge in [0.2, 0.25) is 5.76 Å². The lowest BCUT2D eigenvalue weighted by molar-refractivity contribution is -0.124. The summed E-state index contributed by atoms with van der Waals surface area (Å²) < 4.78 is 10.7. The van der Waals surface area contributed by atoms with Crippen molar-refractivity contribution >= 4 is 22.8 Å². The number of carbonyl (C=O) groups is 2. The maximum atomic E-state index is 12.3. The summed E-state index contributed by atoms with van der Waals surface area (Å²) in [4.78, 5) is 24.4. The van der Waals surface area contributed by atoms with Gasteiger partial charge in [0, 0.05) is 10.9 Å². The molecule has 0 spiro atoms. The Morgan fingerprint density at radius 3 is 2.52 bits per heavy atom. The molecule has 0 radical (unpaired) electrons. The third-order valence-corrected chi connectivity index (χ3v) is 4.77. The van der Waals surface area contributed by atoms with Crippen molar-refractivity contribution in [3.63, 3.8) is 0 Å². The summed E-state index contributed by atoms with van der Waals surface area (Å²) in [5, 5.41) is 3.70. The fraction of sp³-hybridized carbons (Fsp3) is 0.273. The molecular formula is C22H23NO4. The van der Waals surface area contributed by atoms with E-state index in [1.54, 1.807) is 13.0 Å². The number of hydrogen-bond donors (Lipinski definition) is 1. The number of amides is 1. The van der Waals surface area contributed by atoms with E-state index in [4.69, 9.17) is 9.15 Å². The van der Waals surface area contributed by atoms with E-state index in [2.05, 4.69) is 5.32 Å². The lowest BCUT2D eigenvalue weighted by atomic mass is 10.0. The number of nitrogens with one attached hydrogen (secondary N) is 1. The van der Waals surface area contributed by atoms with Crippen molar-refractivity contribution in [1.82, 2.24) is 5.32 Å². The normalized spacial score (nSPS) is 12.0. The van der Waals surface area contributed by atoms with E-state index in [9.17, 15) is 9.59 Å². The zero-order chi connectivity index (χ0) is 19.6. The van der Waals surface area contributed by atoms with Crippen molar-refractivity contribution in [2.45, 2.75) is 33.7 Å². The van der Waals surface area contributed by atoms with Gasteiger partial charge in [-0.05, 0) is 50.5 Å². The molecule has 1 N–H and O–H groups in total. The van der Waals surface area contributed by atoms with Crippen LogP contribution in [0.4, 0.5) is 0 Å². The molecule has 3 aromatic rings. The second-order valence-electron chi connectivity index (χ2n) is 6.76. The van der Waals surface area contributed by atoms with E-state index in [-0.39, 0.29) is 24.3 Å². The number of furan rings is 1. The van der Waals surface area contributed by atoms with E-state index in [1.807, 2.05) is 57.2 Å². The van der Waals surface area contributed by atoms with Crippen LogP contribution in [0.25, 0.3) is 11.0 Å². The lowest BCUT2D eigenvalue weighted by Gasteiger charge is -2.15. The molecule has 0 aliphatic heterocycles. The van der Waals surface area contributed by atoms with Crippen LogP contribution in [-0.4, -0.2) is 18.5 Å². The van der Waals surface area contributed by atoms with Gasteiger partial charge in [0.05, 0.1) is 6.04 Å². The molecular weight excluding hydrogens is 342 g/mol. The van der Waals surface area contributed by atoms with Crippen LogP contribution in [0.1, 0.15) is 45.8 Å². The Bertz CT molecular complexity index is 1000. The minimum atomic E-state index is -0.641. The first-order chi connectivity index (χ1) is 12.9. The summed E-state index contributed by atoms with van der Waals surface area (Å²) in [6, 6.07) is 13.3. The topological polar surface area (TPSA) is 68.5 Å². The van der Waals surface area contributed by atoms with Crippen molar-refractivity contribution in [3.05, 3.63) is 70.5 Å². The zero-order valence-electron chi connectivity index (χ0n) is 16.0. The van der Waals surface area contributed by atoms with Gasteiger partial charge in [-0.15, -0.1) is 0 Å². The average molecular weight is 365 g/mol. The molecule has 1 atom stereocenters. The van der Waals surface area contributed by atoms with Crippen molar-refractivity contribution in [1.29, 1.82) is 0 Å². The van der Waals surface area contributed by atoms with Gasteiger partial charge < -0.3 is 14.5 Å². The first kappa shape index (κ1) is 18.7. The summed E-state index contributed by atoms with van der Waals surface area (Å²) in [5.74, 6) is -0.869. The molecule has 140 valence electrons. The maximum Gasteiger partial charge on any atom is 0.375 e. The van der Waals surface area contributed by atoms with E-state index in [0.29, 0.717) is 11.1 Å². The second kappa shape index (κ2) is 7.66. The molecule has 0 saturated carbocycles. The van der Waals surface area contributed by atoms with Crippen LogP contribution < -0.4 is 5.32 Å². The minimum absolute atomic E-state index is 0.131. The number of fused-ring (bicyclic) bond motifs is 1. The highest BCUT2D eigenvalue weighted by atomic mass is 16.5. The lowest BCUT2D eigenvalue weighted by Crippen LogP contribution is -2.31. The van der Waals surface area contributed by atoms with Crippen LogP contribution in [0.2, 0.25) is 0 Å². The summed E-state index contributed by atoms with van der Waals surface area (Å²) >= 11 is 0. The van der Waals surface area contributed by atoms with Crippen molar-refractivity contribution in [2.24, 2.45) is 0 Å². The molecule has 0 bridgehead atoms. The Balaban J connectivity index is 1.60. The van der Waals surface area contributed by atoms with Crippen LogP contribution in [0.5, 0.6) is 0 Å². The van der Waals surface area contributed by atoms with Crippen molar-refractivity contribution in [3.8, 4) is 0 Å². The second-order valence-corrected chi connectivity index (χ2v) is 6.76. The first-order valence-corrected chi connectivity index (χ1v) is 8.88. The number of esters is 1. The van der Waals surface area contributed by atoms with Crippen molar-refractivity contribution < 1.29 is 18.7 Å². The molecule has 1 heterocycles. The quantitative estimate of drug-likeness (QED) is 0.681.